The molecule has 3 heterocycles. The lowest BCUT2D eigenvalue weighted by molar-refractivity contribution is 0.174. The number of urea groups is 1. The molecule has 9 heteroatoms. The van der Waals surface area contributed by atoms with Gasteiger partial charge in [-0.1, -0.05) is 37.1 Å². The Morgan fingerprint density at radius 3 is 2.69 bits per heavy atom. The van der Waals surface area contributed by atoms with Crippen LogP contribution in [0.2, 0.25) is 0 Å². The van der Waals surface area contributed by atoms with Gasteiger partial charge < -0.3 is 19.3 Å². The highest BCUT2D eigenvalue weighted by Crippen LogP contribution is 2.39. The summed E-state index contributed by atoms with van der Waals surface area (Å²) in [6.07, 6.45) is 5.10. The summed E-state index contributed by atoms with van der Waals surface area (Å²) < 4.78 is 16.7. The molecule has 1 unspecified atom stereocenters. The van der Waals surface area contributed by atoms with Crippen molar-refractivity contribution >= 4 is 23.4 Å². The van der Waals surface area contributed by atoms with E-state index in [1.54, 1.807) is 16.7 Å². The van der Waals surface area contributed by atoms with E-state index in [9.17, 15) is 4.79 Å². The van der Waals surface area contributed by atoms with Crippen molar-refractivity contribution in [3.05, 3.63) is 59.6 Å². The Morgan fingerprint density at radius 1 is 1.11 bits per heavy atom. The molecule has 2 aliphatic heterocycles. The number of nitrogens with one attached hydrogen (secondary N) is 1. The van der Waals surface area contributed by atoms with Gasteiger partial charge >= 0.3 is 6.03 Å². The van der Waals surface area contributed by atoms with Crippen LogP contribution in [0.3, 0.4) is 0 Å². The summed E-state index contributed by atoms with van der Waals surface area (Å²) >= 11 is 1.68. The maximum atomic E-state index is 13.1. The van der Waals surface area contributed by atoms with Crippen molar-refractivity contribution in [2.75, 3.05) is 19.6 Å². The topological polar surface area (TPSA) is 89.7 Å². The second kappa shape index (κ2) is 10.0. The summed E-state index contributed by atoms with van der Waals surface area (Å²) in [6.45, 7) is 4.94. The number of fused-ring (bicyclic) bond motifs is 1. The lowest BCUT2D eigenvalue weighted by Gasteiger charge is -2.35. The van der Waals surface area contributed by atoms with E-state index in [4.69, 9.17) is 19.0 Å². The van der Waals surface area contributed by atoms with Crippen molar-refractivity contribution in [3.8, 4) is 22.9 Å². The molecule has 0 saturated carbocycles. The molecule has 0 saturated heterocycles. The molecule has 0 spiro atoms. The number of carbonyl (C=O) groups is 1. The molecule has 0 radical (unpaired) electrons. The number of nitrogens with zero attached hydrogens (tertiary/aromatic N) is 3. The minimum absolute atomic E-state index is 0.114. The normalized spacial score (nSPS) is 17.2. The van der Waals surface area contributed by atoms with Gasteiger partial charge in [-0.05, 0) is 55.5 Å². The number of amides is 2. The Balaban J connectivity index is 1.54. The fourth-order valence-electron chi connectivity index (χ4n) is 4.38. The molecule has 0 bridgehead atoms. The fourth-order valence-corrected chi connectivity index (χ4v) is 4.79. The van der Waals surface area contributed by atoms with Gasteiger partial charge in [-0.2, -0.15) is 4.98 Å². The third-order valence-electron chi connectivity index (χ3n) is 6.32. The van der Waals surface area contributed by atoms with Crippen molar-refractivity contribution in [2.24, 2.45) is 0 Å². The first-order valence-electron chi connectivity index (χ1n) is 11.8. The summed E-state index contributed by atoms with van der Waals surface area (Å²) in [4.78, 5) is 20.8. The number of ether oxygens (including phenoxy) is 2. The van der Waals surface area contributed by atoms with Crippen LogP contribution in [0.25, 0.3) is 17.0 Å². The number of allylic oxidation sites excluding steroid dienone is 1. The smallest absolute Gasteiger partial charge is 0.322 e. The van der Waals surface area contributed by atoms with Crippen molar-refractivity contribution < 1.29 is 18.8 Å². The molecule has 2 amide bonds. The van der Waals surface area contributed by atoms with E-state index in [2.05, 4.69) is 29.5 Å². The zero-order chi connectivity index (χ0) is 24.4. The van der Waals surface area contributed by atoms with Gasteiger partial charge in [0.2, 0.25) is 12.6 Å². The van der Waals surface area contributed by atoms with E-state index in [-0.39, 0.29) is 12.8 Å². The average Bonchev–Trinajstić information content (AvgIpc) is 3.55. The molecule has 35 heavy (non-hydrogen) atoms. The summed E-state index contributed by atoms with van der Waals surface area (Å²) in [5.41, 5.74) is 3.35. The van der Waals surface area contributed by atoms with E-state index in [0.717, 1.165) is 46.6 Å². The number of benzene rings is 2. The molecule has 182 valence electrons. The van der Waals surface area contributed by atoms with E-state index in [0.29, 0.717) is 29.8 Å². The Labute approximate surface area is 208 Å². The fraction of sp³-hybridized carbons (Fsp3) is 0.346. The van der Waals surface area contributed by atoms with Gasteiger partial charge in [0.15, 0.2) is 11.5 Å². The summed E-state index contributed by atoms with van der Waals surface area (Å²) in [7, 11) is 0. The van der Waals surface area contributed by atoms with Crippen LogP contribution in [0.1, 0.15) is 50.6 Å². The predicted molar refractivity (Wildman–Crippen MR) is 134 cm³/mol. The molecule has 1 atom stereocenters. The lowest BCUT2D eigenvalue weighted by atomic mass is 9.94. The summed E-state index contributed by atoms with van der Waals surface area (Å²) in [5.74, 6) is 2.18. The molecular formula is C26H28N4O4S. The van der Waals surface area contributed by atoms with E-state index >= 15 is 0 Å². The molecule has 1 N–H and O–H groups in total. The number of rotatable bonds is 8. The van der Waals surface area contributed by atoms with Crippen LogP contribution in [0, 0.1) is 0 Å². The molecule has 3 aromatic rings. The second-order valence-electron chi connectivity index (χ2n) is 8.50. The Morgan fingerprint density at radius 2 is 1.91 bits per heavy atom. The zero-order valence-corrected chi connectivity index (χ0v) is 20.9. The minimum atomic E-state index is -0.397. The number of unbranched alkanes of at least 4 members (excludes halogenated alkanes) is 2. The maximum Gasteiger partial charge on any atom is 0.322 e. The van der Waals surface area contributed by atoms with Gasteiger partial charge in [0.1, 0.15) is 0 Å². The summed E-state index contributed by atoms with van der Waals surface area (Å²) in [5, 5.41) is 7.41. The molecule has 2 aromatic carbocycles. The SMILES string of the molecule is CCCCCN1C(=O)NC(c2ccc(SC)cc2)C(c2nc(-c3ccc4c(c3)OCO4)no2)=C1C. The van der Waals surface area contributed by atoms with Gasteiger partial charge in [0, 0.05) is 22.7 Å². The Bertz CT molecular complexity index is 1250. The van der Waals surface area contributed by atoms with E-state index < -0.39 is 6.04 Å². The van der Waals surface area contributed by atoms with Crippen LogP contribution in [0.15, 0.2) is 57.6 Å². The first-order chi connectivity index (χ1) is 17.1. The highest BCUT2D eigenvalue weighted by atomic mass is 32.2. The Kier molecular flexibility index (Phi) is 6.68. The molecular weight excluding hydrogens is 464 g/mol. The molecule has 0 fully saturated rings. The number of carbonyl (C=O) groups excluding carboxylic acids is 1. The van der Waals surface area contributed by atoms with Crippen LogP contribution in [0.5, 0.6) is 11.5 Å². The van der Waals surface area contributed by atoms with Crippen LogP contribution >= 0.6 is 11.8 Å². The van der Waals surface area contributed by atoms with Gasteiger partial charge in [-0.3, -0.25) is 4.90 Å². The summed E-state index contributed by atoms with van der Waals surface area (Å²) in [6, 6.07) is 13.2. The van der Waals surface area contributed by atoms with E-state index in [1.807, 2.05) is 43.5 Å². The van der Waals surface area contributed by atoms with Crippen LogP contribution < -0.4 is 14.8 Å². The number of aromatic nitrogens is 2. The largest absolute Gasteiger partial charge is 0.454 e. The molecule has 1 aromatic heterocycles. The van der Waals surface area contributed by atoms with Crippen molar-refractivity contribution in [1.29, 1.82) is 0 Å². The highest BCUT2D eigenvalue weighted by molar-refractivity contribution is 7.98. The second-order valence-corrected chi connectivity index (χ2v) is 9.38. The van der Waals surface area contributed by atoms with Gasteiger partial charge in [-0.25, -0.2) is 4.79 Å². The third-order valence-corrected chi connectivity index (χ3v) is 7.06. The lowest BCUT2D eigenvalue weighted by Crippen LogP contribution is -2.46. The minimum Gasteiger partial charge on any atom is -0.454 e. The van der Waals surface area contributed by atoms with Crippen LogP contribution in [0.4, 0.5) is 4.79 Å². The first kappa shape index (κ1) is 23.3. The Hall–Kier alpha value is -3.46. The van der Waals surface area contributed by atoms with Crippen LogP contribution in [-0.4, -0.2) is 40.7 Å². The quantitative estimate of drug-likeness (QED) is 0.310. The number of hydrogen-bond acceptors (Lipinski definition) is 7. The number of hydrogen-bond donors (Lipinski definition) is 1. The average molecular weight is 493 g/mol. The molecule has 2 aliphatic rings. The first-order valence-corrected chi connectivity index (χ1v) is 13.0. The standard InChI is InChI=1S/C26H28N4O4S/c1-4-5-6-13-30-16(2)22(23(27-26(30)31)17-7-10-19(35-3)11-8-17)25-28-24(29-34-25)18-9-12-20-21(14-18)33-15-32-20/h7-12,14,23H,4-6,13,15H2,1-3H3,(H,27,31). The van der Waals surface area contributed by atoms with E-state index in [1.165, 1.54) is 0 Å². The van der Waals surface area contributed by atoms with Crippen molar-refractivity contribution in [3.63, 3.8) is 0 Å². The molecule has 5 rings (SSSR count). The van der Waals surface area contributed by atoms with Gasteiger partial charge in [0.25, 0.3) is 5.89 Å². The number of thioether (sulfide) groups is 1. The van der Waals surface area contributed by atoms with Crippen molar-refractivity contribution in [1.82, 2.24) is 20.4 Å². The monoisotopic (exact) mass is 492 g/mol. The third kappa shape index (κ3) is 4.60. The van der Waals surface area contributed by atoms with Crippen molar-refractivity contribution in [2.45, 2.75) is 44.0 Å². The van der Waals surface area contributed by atoms with Gasteiger partial charge in [0.05, 0.1) is 11.6 Å². The maximum absolute atomic E-state index is 13.1. The highest BCUT2D eigenvalue weighted by Gasteiger charge is 2.35. The molecule has 8 nitrogen and oxygen atoms in total. The zero-order valence-electron chi connectivity index (χ0n) is 20.0. The van der Waals surface area contributed by atoms with Gasteiger partial charge in [-0.15, -0.1) is 11.8 Å². The van der Waals surface area contributed by atoms with Crippen LogP contribution in [-0.2, 0) is 0 Å². The molecule has 0 aliphatic carbocycles. The predicted octanol–water partition coefficient (Wildman–Crippen LogP) is 5.87.